The van der Waals surface area contributed by atoms with Crippen LogP contribution in [-0.4, -0.2) is 34.7 Å². The molecule has 0 heterocycles. The molecule has 0 aliphatic heterocycles. The maximum Gasteiger partial charge on any atom is 0.417 e. The van der Waals surface area contributed by atoms with Gasteiger partial charge in [-0.15, -0.1) is 0 Å². The van der Waals surface area contributed by atoms with E-state index in [1.165, 1.54) is 0 Å². The van der Waals surface area contributed by atoms with Crippen LogP contribution in [0.4, 0.5) is 13.2 Å². The minimum Gasteiger partial charge on any atom is -0.479 e. The second kappa shape index (κ2) is 6.23. The fourth-order valence-electron chi connectivity index (χ4n) is 1.26. The highest BCUT2D eigenvalue weighted by Gasteiger charge is 2.33. The van der Waals surface area contributed by atoms with Gasteiger partial charge < -0.3 is 15.5 Å². The lowest BCUT2D eigenvalue weighted by molar-refractivity contribution is -0.146. The number of amides is 1. The number of carboxylic acids is 1. The maximum absolute atomic E-state index is 12.6. The van der Waals surface area contributed by atoms with Crippen molar-refractivity contribution in [2.24, 2.45) is 0 Å². The van der Waals surface area contributed by atoms with Crippen LogP contribution >= 0.6 is 15.9 Å². The molecule has 1 rings (SSSR count). The van der Waals surface area contributed by atoms with Crippen molar-refractivity contribution in [3.63, 3.8) is 0 Å². The molecule has 1 amide bonds. The molecule has 0 aromatic heterocycles. The van der Waals surface area contributed by atoms with Gasteiger partial charge in [0.1, 0.15) is 0 Å². The molecule has 0 fully saturated rings. The predicted octanol–water partition coefficient (Wildman–Crippen LogP) is 1.64. The lowest BCUT2D eigenvalue weighted by Crippen LogP contribution is -2.36. The molecule has 1 atom stereocenters. The highest BCUT2D eigenvalue weighted by Crippen LogP contribution is 2.35. The van der Waals surface area contributed by atoms with Crippen LogP contribution in [0.1, 0.15) is 15.9 Å². The largest absolute Gasteiger partial charge is 0.479 e. The van der Waals surface area contributed by atoms with Gasteiger partial charge in [-0.3, -0.25) is 4.79 Å². The summed E-state index contributed by atoms with van der Waals surface area (Å²) in [6.07, 6.45) is -6.45. The monoisotopic (exact) mass is 355 g/mol. The van der Waals surface area contributed by atoms with E-state index in [1.807, 2.05) is 5.32 Å². The number of carboxylic acid groups (broad SMARTS) is 1. The Morgan fingerprint density at radius 2 is 1.95 bits per heavy atom. The number of aliphatic carboxylic acids is 1. The third-order valence-electron chi connectivity index (χ3n) is 2.27. The summed E-state index contributed by atoms with van der Waals surface area (Å²) >= 11 is 2.73. The number of halogens is 4. The van der Waals surface area contributed by atoms with Crippen molar-refractivity contribution in [1.82, 2.24) is 5.32 Å². The Hall–Kier alpha value is -1.61. The average Bonchev–Trinajstić information content (AvgIpc) is 2.34. The van der Waals surface area contributed by atoms with Gasteiger partial charge in [0, 0.05) is 10.0 Å². The van der Waals surface area contributed by atoms with Crippen molar-refractivity contribution in [2.75, 3.05) is 6.54 Å². The fraction of sp³-hybridized carbons (Fsp3) is 0.273. The number of hydrogen-bond donors (Lipinski definition) is 3. The van der Waals surface area contributed by atoms with E-state index in [2.05, 4.69) is 15.9 Å². The van der Waals surface area contributed by atoms with E-state index >= 15 is 0 Å². The molecule has 1 unspecified atom stereocenters. The summed E-state index contributed by atoms with van der Waals surface area (Å²) < 4.78 is 37.7. The number of alkyl halides is 3. The number of aliphatic hydroxyl groups excluding tert-OH is 1. The Morgan fingerprint density at radius 1 is 1.35 bits per heavy atom. The third kappa shape index (κ3) is 4.20. The Labute approximate surface area is 119 Å². The van der Waals surface area contributed by atoms with E-state index in [0.717, 1.165) is 12.1 Å². The molecule has 20 heavy (non-hydrogen) atoms. The van der Waals surface area contributed by atoms with Gasteiger partial charge in [0.15, 0.2) is 6.10 Å². The zero-order chi connectivity index (χ0) is 15.5. The van der Waals surface area contributed by atoms with Crippen LogP contribution in [-0.2, 0) is 11.0 Å². The first kappa shape index (κ1) is 16.4. The second-order valence-corrected chi connectivity index (χ2v) is 4.61. The quantitative estimate of drug-likeness (QED) is 0.766. The molecule has 0 saturated heterocycles. The molecule has 0 aliphatic carbocycles. The van der Waals surface area contributed by atoms with Gasteiger partial charge >= 0.3 is 12.1 Å². The molecule has 0 saturated carbocycles. The molecule has 1 aromatic carbocycles. The van der Waals surface area contributed by atoms with Crippen LogP contribution < -0.4 is 5.32 Å². The zero-order valence-corrected chi connectivity index (χ0v) is 11.3. The van der Waals surface area contributed by atoms with E-state index < -0.39 is 36.3 Å². The number of hydrogen-bond acceptors (Lipinski definition) is 3. The van der Waals surface area contributed by atoms with E-state index in [-0.39, 0.29) is 10.0 Å². The van der Waals surface area contributed by atoms with Crippen molar-refractivity contribution >= 4 is 27.8 Å². The Kier molecular flexibility index (Phi) is 5.12. The van der Waals surface area contributed by atoms with E-state index in [0.29, 0.717) is 6.07 Å². The Morgan fingerprint density at radius 3 is 2.45 bits per heavy atom. The van der Waals surface area contributed by atoms with E-state index in [9.17, 15) is 22.8 Å². The molecule has 0 bridgehead atoms. The number of aliphatic hydroxyl groups is 1. The lowest BCUT2D eigenvalue weighted by Gasteiger charge is -2.12. The number of carbonyl (C=O) groups is 2. The Bertz CT molecular complexity index is 533. The number of rotatable bonds is 4. The smallest absolute Gasteiger partial charge is 0.417 e. The topological polar surface area (TPSA) is 86.6 Å². The van der Waals surface area contributed by atoms with Crippen molar-refractivity contribution in [2.45, 2.75) is 12.3 Å². The normalized spacial score (nSPS) is 12.8. The first-order valence-corrected chi connectivity index (χ1v) is 5.98. The fourth-order valence-corrected chi connectivity index (χ4v) is 1.73. The minimum absolute atomic E-state index is 0.216. The highest BCUT2D eigenvalue weighted by molar-refractivity contribution is 9.10. The van der Waals surface area contributed by atoms with Crippen LogP contribution in [0, 0.1) is 0 Å². The van der Waals surface area contributed by atoms with Crippen molar-refractivity contribution in [1.29, 1.82) is 0 Å². The van der Waals surface area contributed by atoms with Gasteiger partial charge in [0.05, 0.1) is 12.1 Å². The zero-order valence-electron chi connectivity index (χ0n) is 9.74. The van der Waals surface area contributed by atoms with E-state index in [1.54, 1.807) is 0 Å². The average molecular weight is 356 g/mol. The van der Waals surface area contributed by atoms with Crippen LogP contribution in [0.3, 0.4) is 0 Å². The Balaban J connectivity index is 2.87. The van der Waals surface area contributed by atoms with Crippen LogP contribution in [0.2, 0.25) is 0 Å². The van der Waals surface area contributed by atoms with Gasteiger partial charge in [0.2, 0.25) is 0 Å². The molecular weight excluding hydrogens is 347 g/mol. The standard InChI is InChI=1S/C11H9BrF3NO4/c12-7-2-1-5(3-6(7)11(13,14)15)9(18)16-4-8(17)10(19)20/h1-3,8,17H,4H2,(H,16,18)(H,19,20). The second-order valence-electron chi connectivity index (χ2n) is 3.76. The molecule has 3 N–H and O–H groups in total. The summed E-state index contributed by atoms with van der Waals surface area (Å²) in [7, 11) is 0. The molecule has 9 heteroatoms. The summed E-state index contributed by atoms with van der Waals surface area (Å²) in [6, 6.07) is 2.83. The highest BCUT2D eigenvalue weighted by atomic mass is 79.9. The van der Waals surface area contributed by atoms with Gasteiger partial charge in [-0.25, -0.2) is 4.79 Å². The SMILES string of the molecule is O=C(NCC(O)C(=O)O)c1ccc(Br)c(C(F)(F)F)c1. The number of nitrogens with one attached hydrogen (secondary N) is 1. The van der Waals surface area contributed by atoms with E-state index in [4.69, 9.17) is 10.2 Å². The summed E-state index contributed by atoms with van der Waals surface area (Å²) in [6.45, 7) is -0.606. The summed E-state index contributed by atoms with van der Waals surface area (Å²) in [5.41, 5.74) is -1.32. The summed E-state index contributed by atoms with van der Waals surface area (Å²) in [4.78, 5) is 21.9. The van der Waals surface area contributed by atoms with Gasteiger partial charge in [0.25, 0.3) is 5.91 Å². The molecule has 0 spiro atoms. The summed E-state index contributed by atoms with van der Waals surface area (Å²) in [5.74, 6) is -2.46. The lowest BCUT2D eigenvalue weighted by atomic mass is 10.1. The first-order valence-electron chi connectivity index (χ1n) is 5.18. The molecule has 0 aliphatic rings. The van der Waals surface area contributed by atoms with Crippen LogP contribution in [0.15, 0.2) is 22.7 Å². The molecule has 1 aromatic rings. The molecule has 110 valence electrons. The minimum atomic E-state index is -4.63. The predicted molar refractivity (Wildman–Crippen MR) is 65.1 cm³/mol. The molecule has 0 radical (unpaired) electrons. The van der Waals surface area contributed by atoms with Crippen LogP contribution in [0.25, 0.3) is 0 Å². The molecule has 5 nitrogen and oxygen atoms in total. The maximum atomic E-state index is 12.6. The third-order valence-corrected chi connectivity index (χ3v) is 2.97. The van der Waals surface area contributed by atoms with Crippen molar-refractivity contribution < 1.29 is 33.0 Å². The van der Waals surface area contributed by atoms with Gasteiger partial charge in [-0.05, 0) is 18.2 Å². The summed E-state index contributed by atoms with van der Waals surface area (Å²) in [5, 5.41) is 19.4. The molecular formula is C11H9BrF3NO4. The number of carbonyl (C=O) groups excluding carboxylic acids is 1. The van der Waals surface area contributed by atoms with Crippen molar-refractivity contribution in [3.8, 4) is 0 Å². The number of benzene rings is 1. The van der Waals surface area contributed by atoms with Gasteiger partial charge in [-0.2, -0.15) is 13.2 Å². The first-order chi connectivity index (χ1) is 9.12. The van der Waals surface area contributed by atoms with Gasteiger partial charge in [-0.1, -0.05) is 15.9 Å². The van der Waals surface area contributed by atoms with Crippen LogP contribution in [0.5, 0.6) is 0 Å². The van der Waals surface area contributed by atoms with Crippen molar-refractivity contribution in [3.05, 3.63) is 33.8 Å².